The summed E-state index contributed by atoms with van der Waals surface area (Å²) in [6, 6.07) is 0. The first-order valence-electron chi connectivity index (χ1n) is 8.45. The standard InChI is InChI=1S/C16H25N7OS/c1-17-16-18-12(10-25-16)15(24)23-7-5-6-11(8-23)14-20-19-13(22(14)4)9-21(2)3/h10-11H,5-9H2,1-4H3,(H,17,18)/t11-/m1/s1. The van der Waals surface area contributed by atoms with E-state index in [0.29, 0.717) is 12.2 Å². The molecule has 0 aliphatic carbocycles. The number of nitrogens with one attached hydrogen (secondary N) is 1. The SMILES string of the molecule is CNc1nc(C(=O)N2CCC[C@@H](c3nnc(CN(C)C)n3C)C2)cs1. The van der Waals surface area contributed by atoms with E-state index in [0.717, 1.165) is 42.7 Å². The van der Waals surface area contributed by atoms with Crippen molar-refractivity contribution in [2.45, 2.75) is 25.3 Å². The molecule has 0 aromatic carbocycles. The molecular weight excluding hydrogens is 338 g/mol. The second-order valence-electron chi connectivity index (χ2n) is 6.65. The molecule has 1 fully saturated rings. The van der Waals surface area contributed by atoms with Crippen molar-refractivity contribution in [3.8, 4) is 0 Å². The van der Waals surface area contributed by atoms with Crippen LogP contribution >= 0.6 is 11.3 Å². The van der Waals surface area contributed by atoms with Gasteiger partial charge in [-0.3, -0.25) is 4.79 Å². The van der Waals surface area contributed by atoms with E-state index < -0.39 is 0 Å². The van der Waals surface area contributed by atoms with Crippen LogP contribution in [-0.2, 0) is 13.6 Å². The maximum absolute atomic E-state index is 12.7. The molecule has 136 valence electrons. The van der Waals surface area contributed by atoms with Gasteiger partial charge >= 0.3 is 0 Å². The second-order valence-corrected chi connectivity index (χ2v) is 7.51. The second kappa shape index (κ2) is 7.49. The highest BCUT2D eigenvalue weighted by atomic mass is 32.1. The lowest BCUT2D eigenvalue weighted by molar-refractivity contribution is 0.0698. The largest absolute Gasteiger partial charge is 0.365 e. The zero-order valence-corrected chi connectivity index (χ0v) is 16.0. The van der Waals surface area contributed by atoms with Crippen LogP contribution in [0.15, 0.2) is 5.38 Å². The van der Waals surface area contributed by atoms with Crippen molar-refractivity contribution in [1.29, 1.82) is 0 Å². The van der Waals surface area contributed by atoms with Crippen molar-refractivity contribution in [3.05, 3.63) is 22.7 Å². The van der Waals surface area contributed by atoms with E-state index in [2.05, 4.69) is 30.0 Å². The molecule has 8 nitrogen and oxygen atoms in total. The third-order valence-electron chi connectivity index (χ3n) is 4.47. The van der Waals surface area contributed by atoms with Crippen LogP contribution in [0.4, 0.5) is 5.13 Å². The van der Waals surface area contributed by atoms with Crippen molar-refractivity contribution < 1.29 is 4.79 Å². The van der Waals surface area contributed by atoms with Gasteiger partial charge in [0.05, 0.1) is 6.54 Å². The fourth-order valence-corrected chi connectivity index (χ4v) is 3.82. The number of amides is 1. The Morgan fingerprint density at radius 3 is 2.92 bits per heavy atom. The number of piperidine rings is 1. The summed E-state index contributed by atoms with van der Waals surface area (Å²) in [5.41, 5.74) is 0.515. The van der Waals surface area contributed by atoms with E-state index in [4.69, 9.17) is 0 Å². The lowest BCUT2D eigenvalue weighted by atomic mass is 9.97. The molecule has 3 heterocycles. The number of hydrogen-bond acceptors (Lipinski definition) is 7. The van der Waals surface area contributed by atoms with Crippen molar-refractivity contribution in [1.82, 2.24) is 29.5 Å². The van der Waals surface area contributed by atoms with Gasteiger partial charge in [-0.2, -0.15) is 0 Å². The highest BCUT2D eigenvalue weighted by Gasteiger charge is 2.29. The monoisotopic (exact) mass is 363 g/mol. The summed E-state index contributed by atoms with van der Waals surface area (Å²) in [6.45, 7) is 2.19. The van der Waals surface area contributed by atoms with Crippen molar-refractivity contribution in [2.24, 2.45) is 7.05 Å². The number of aromatic nitrogens is 4. The summed E-state index contributed by atoms with van der Waals surface area (Å²) in [7, 11) is 7.85. The molecule has 1 atom stereocenters. The van der Waals surface area contributed by atoms with Crippen LogP contribution in [0.2, 0.25) is 0 Å². The van der Waals surface area contributed by atoms with Crippen LogP contribution in [0.3, 0.4) is 0 Å². The van der Waals surface area contributed by atoms with E-state index in [9.17, 15) is 4.79 Å². The fraction of sp³-hybridized carbons (Fsp3) is 0.625. The van der Waals surface area contributed by atoms with Gasteiger partial charge in [0, 0.05) is 38.5 Å². The lowest BCUT2D eigenvalue weighted by Gasteiger charge is -2.31. The van der Waals surface area contributed by atoms with E-state index >= 15 is 0 Å². The Labute approximate surface area is 151 Å². The smallest absolute Gasteiger partial charge is 0.273 e. The number of nitrogens with zero attached hydrogens (tertiary/aromatic N) is 6. The average Bonchev–Trinajstić information content (AvgIpc) is 3.21. The van der Waals surface area contributed by atoms with Crippen LogP contribution in [0, 0.1) is 0 Å². The summed E-state index contributed by atoms with van der Waals surface area (Å²) < 4.78 is 2.07. The van der Waals surface area contributed by atoms with Gasteiger partial charge in [-0.15, -0.1) is 21.5 Å². The molecule has 3 rings (SSSR count). The van der Waals surface area contributed by atoms with Crippen molar-refractivity contribution in [2.75, 3.05) is 39.5 Å². The minimum Gasteiger partial charge on any atom is -0.365 e. The molecular formula is C16H25N7OS. The molecule has 0 saturated carbocycles. The van der Waals surface area contributed by atoms with Gasteiger partial charge in [-0.25, -0.2) is 4.98 Å². The number of likely N-dealkylation sites (tertiary alicyclic amines) is 1. The minimum absolute atomic E-state index is 0.00173. The highest BCUT2D eigenvalue weighted by molar-refractivity contribution is 7.13. The molecule has 0 bridgehead atoms. The third kappa shape index (κ3) is 3.82. The van der Waals surface area contributed by atoms with Gasteiger partial charge in [-0.05, 0) is 26.9 Å². The van der Waals surface area contributed by atoms with Gasteiger partial charge in [0.25, 0.3) is 5.91 Å². The van der Waals surface area contributed by atoms with Gasteiger partial charge < -0.3 is 19.7 Å². The Bertz CT molecular complexity index is 739. The summed E-state index contributed by atoms with van der Waals surface area (Å²) >= 11 is 1.45. The molecule has 25 heavy (non-hydrogen) atoms. The normalized spacial score (nSPS) is 18.0. The van der Waals surface area contributed by atoms with Crippen LogP contribution in [0.1, 0.15) is 40.9 Å². The highest BCUT2D eigenvalue weighted by Crippen LogP contribution is 2.27. The fourth-order valence-electron chi connectivity index (χ4n) is 3.17. The molecule has 0 unspecified atom stereocenters. The van der Waals surface area contributed by atoms with Crippen LogP contribution in [0.5, 0.6) is 0 Å². The molecule has 1 saturated heterocycles. The Morgan fingerprint density at radius 1 is 1.44 bits per heavy atom. The number of hydrogen-bond donors (Lipinski definition) is 1. The lowest BCUT2D eigenvalue weighted by Crippen LogP contribution is -2.40. The minimum atomic E-state index is -0.00173. The predicted molar refractivity (Wildman–Crippen MR) is 97.9 cm³/mol. The van der Waals surface area contributed by atoms with E-state index in [1.54, 1.807) is 0 Å². The number of carbonyl (C=O) groups excluding carboxylic acids is 1. The number of anilines is 1. The first kappa shape index (κ1) is 17.8. The number of rotatable bonds is 5. The first-order valence-corrected chi connectivity index (χ1v) is 9.33. The van der Waals surface area contributed by atoms with Gasteiger partial charge in [0.1, 0.15) is 17.3 Å². The summed E-state index contributed by atoms with van der Waals surface area (Å²) in [5, 5.41) is 14.3. The van der Waals surface area contributed by atoms with Gasteiger partial charge in [-0.1, -0.05) is 0 Å². The molecule has 2 aromatic heterocycles. The Hall–Kier alpha value is -2.00. The Morgan fingerprint density at radius 2 is 2.24 bits per heavy atom. The zero-order chi connectivity index (χ0) is 18.0. The van der Waals surface area contributed by atoms with E-state index in [1.807, 2.05) is 38.5 Å². The number of thiazole rings is 1. The summed E-state index contributed by atoms with van der Waals surface area (Å²) in [6.07, 6.45) is 1.99. The molecule has 1 aliphatic heterocycles. The van der Waals surface area contributed by atoms with Crippen molar-refractivity contribution in [3.63, 3.8) is 0 Å². The quantitative estimate of drug-likeness (QED) is 0.865. The van der Waals surface area contributed by atoms with Crippen LogP contribution in [0.25, 0.3) is 0 Å². The molecule has 0 spiro atoms. The molecule has 0 radical (unpaired) electrons. The Balaban J connectivity index is 1.73. The maximum Gasteiger partial charge on any atom is 0.273 e. The third-order valence-corrected chi connectivity index (χ3v) is 5.33. The van der Waals surface area contributed by atoms with E-state index in [1.165, 1.54) is 11.3 Å². The van der Waals surface area contributed by atoms with Crippen LogP contribution < -0.4 is 5.32 Å². The average molecular weight is 363 g/mol. The first-order chi connectivity index (χ1) is 12.0. The number of carbonyl (C=O) groups is 1. The molecule has 1 N–H and O–H groups in total. The molecule has 9 heteroatoms. The maximum atomic E-state index is 12.7. The molecule has 1 aliphatic rings. The van der Waals surface area contributed by atoms with Crippen molar-refractivity contribution >= 4 is 22.4 Å². The predicted octanol–water partition coefficient (Wildman–Crippen LogP) is 1.39. The molecule has 2 aromatic rings. The Kier molecular flexibility index (Phi) is 5.33. The van der Waals surface area contributed by atoms with Gasteiger partial charge in [0.2, 0.25) is 0 Å². The van der Waals surface area contributed by atoms with Crippen LogP contribution in [-0.4, -0.2) is 69.7 Å². The van der Waals surface area contributed by atoms with Gasteiger partial charge in [0.15, 0.2) is 5.13 Å². The topological polar surface area (TPSA) is 79.2 Å². The summed E-state index contributed by atoms with van der Waals surface area (Å²) in [5.74, 6) is 2.12. The molecule has 1 amide bonds. The van der Waals surface area contributed by atoms with E-state index in [-0.39, 0.29) is 11.8 Å². The summed E-state index contributed by atoms with van der Waals surface area (Å²) in [4.78, 5) is 21.0. The zero-order valence-electron chi connectivity index (χ0n) is 15.2.